The predicted molar refractivity (Wildman–Crippen MR) is 100 cm³/mol. The lowest BCUT2D eigenvalue weighted by Crippen LogP contribution is -2.18. The van der Waals surface area contributed by atoms with E-state index in [1.807, 2.05) is 6.07 Å². The van der Waals surface area contributed by atoms with Crippen molar-refractivity contribution in [2.45, 2.75) is 0 Å². The van der Waals surface area contributed by atoms with Gasteiger partial charge < -0.3 is 14.8 Å². The first-order chi connectivity index (χ1) is 13.1. The molecule has 0 radical (unpaired) electrons. The Labute approximate surface area is 156 Å². The maximum absolute atomic E-state index is 11.9. The molecule has 27 heavy (non-hydrogen) atoms. The van der Waals surface area contributed by atoms with Gasteiger partial charge in [0.05, 0.1) is 0 Å². The standard InChI is InChI=1S/C20H17N3O4/c1-21-19(24)18-13-17(11-12-22-18)26-16-9-7-14(8-10-16)23-20(25)27-15-5-3-2-4-6-15/h2-13H,1H3,(H,21,24)(H,23,25). The summed E-state index contributed by atoms with van der Waals surface area (Å²) in [4.78, 5) is 27.5. The third-order valence-corrected chi connectivity index (χ3v) is 3.48. The highest BCUT2D eigenvalue weighted by atomic mass is 16.6. The highest BCUT2D eigenvalue weighted by Gasteiger charge is 2.08. The van der Waals surface area contributed by atoms with Crippen molar-refractivity contribution in [2.24, 2.45) is 0 Å². The summed E-state index contributed by atoms with van der Waals surface area (Å²) in [6.07, 6.45) is 0.911. The molecule has 0 bridgehead atoms. The molecule has 136 valence electrons. The molecule has 2 aromatic carbocycles. The van der Waals surface area contributed by atoms with Gasteiger partial charge in [-0.1, -0.05) is 18.2 Å². The van der Waals surface area contributed by atoms with Gasteiger partial charge in [-0.2, -0.15) is 0 Å². The van der Waals surface area contributed by atoms with Crippen LogP contribution in [0.4, 0.5) is 10.5 Å². The Morgan fingerprint density at radius 2 is 1.63 bits per heavy atom. The average molecular weight is 363 g/mol. The second-order valence-electron chi connectivity index (χ2n) is 5.41. The molecule has 2 amide bonds. The molecule has 3 rings (SSSR count). The number of ether oxygens (including phenoxy) is 2. The molecule has 0 unspecified atom stereocenters. The number of hydrogen-bond donors (Lipinski definition) is 2. The molecular formula is C20H17N3O4. The first kappa shape index (κ1) is 17.9. The van der Waals surface area contributed by atoms with Crippen molar-refractivity contribution in [1.29, 1.82) is 0 Å². The number of nitrogens with zero attached hydrogens (tertiary/aromatic N) is 1. The number of carbonyl (C=O) groups is 2. The number of hydrogen-bond acceptors (Lipinski definition) is 5. The van der Waals surface area contributed by atoms with Gasteiger partial charge in [-0.3, -0.25) is 15.1 Å². The zero-order valence-corrected chi connectivity index (χ0v) is 14.5. The number of rotatable bonds is 5. The fourth-order valence-electron chi connectivity index (χ4n) is 2.21. The van der Waals surface area contributed by atoms with Gasteiger partial charge in [0.15, 0.2) is 0 Å². The summed E-state index contributed by atoms with van der Waals surface area (Å²) in [7, 11) is 1.53. The summed E-state index contributed by atoms with van der Waals surface area (Å²) in [6, 6.07) is 18.7. The van der Waals surface area contributed by atoms with E-state index in [0.717, 1.165) is 0 Å². The Bertz CT molecular complexity index is 927. The highest BCUT2D eigenvalue weighted by Crippen LogP contribution is 2.23. The zero-order chi connectivity index (χ0) is 19.1. The molecule has 0 spiro atoms. The van der Waals surface area contributed by atoms with Gasteiger partial charge in [0, 0.05) is 25.0 Å². The minimum atomic E-state index is -0.584. The third-order valence-electron chi connectivity index (χ3n) is 3.48. The first-order valence-corrected chi connectivity index (χ1v) is 8.14. The van der Waals surface area contributed by atoms with E-state index in [1.165, 1.54) is 13.2 Å². The van der Waals surface area contributed by atoms with Crippen LogP contribution in [0.5, 0.6) is 17.2 Å². The van der Waals surface area contributed by atoms with Crippen LogP contribution < -0.4 is 20.1 Å². The molecule has 0 saturated heterocycles. The van der Waals surface area contributed by atoms with Gasteiger partial charge >= 0.3 is 6.09 Å². The van der Waals surface area contributed by atoms with Crippen LogP contribution in [0.25, 0.3) is 0 Å². The van der Waals surface area contributed by atoms with Gasteiger partial charge in [0.25, 0.3) is 5.91 Å². The van der Waals surface area contributed by atoms with Gasteiger partial charge in [0.1, 0.15) is 22.9 Å². The number of benzene rings is 2. The fraction of sp³-hybridized carbons (Fsp3) is 0.0500. The lowest BCUT2D eigenvalue weighted by atomic mass is 10.3. The van der Waals surface area contributed by atoms with E-state index in [1.54, 1.807) is 60.7 Å². The van der Waals surface area contributed by atoms with Gasteiger partial charge in [-0.25, -0.2) is 4.79 Å². The molecule has 2 N–H and O–H groups in total. The average Bonchev–Trinajstić information content (AvgIpc) is 2.70. The maximum atomic E-state index is 11.9. The molecule has 1 aromatic heterocycles. The van der Waals surface area contributed by atoms with Crippen LogP contribution >= 0.6 is 0 Å². The second kappa shape index (κ2) is 8.48. The zero-order valence-electron chi connectivity index (χ0n) is 14.5. The first-order valence-electron chi connectivity index (χ1n) is 8.14. The van der Waals surface area contributed by atoms with E-state index in [-0.39, 0.29) is 11.6 Å². The summed E-state index contributed by atoms with van der Waals surface area (Å²) in [6.45, 7) is 0. The molecule has 7 heteroatoms. The Hall–Kier alpha value is -3.87. The highest BCUT2D eigenvalue weighted by molar-refractivity contribution is 5.92. The van der Waals surface area contributed by atoms with Crippen LogP contribution in [0.2, 0.25) is 0 Å². The molecule has 3 aromatic rings. The van der Waals surface area contributed by atoms with Gasteiger partial charge in [0.2, 0.25) is 0 Å². The van der Waals surface area contributed by atoms with Crippen LogP contribution in [0, 0.1) is 0 Å². The van der Waals surface area contributed by atoms with Gasteiger partial charge in [-0.05, 0) is 42.5 Å². The number of anilines is 1. The van der Waals surface area contributed by atoms with Crippen molar-refractivity contribution in [2.75, 3.05) is 12.4 Å². The molecular weight excluding hydrogens is 346 g/mol. The summed E-state index contributed by atoms with van der Waals surface area (Å²) < 4.78 is 10.9. The van der Waals surface area contributed by atoms with Crippen LogP contribution in [0.1, 0.15) is 10.5 Å². The van der Waals surface area contributed by atoms with E-state index in [9.17, 15) is 9.59 Å². The quantitative estimate of drug-likeness (QED) is 0.719. The van der Waals surface area contributed by atoms with Crippen LogP contribution in [0.15, 0.2) is 72.9 Å². The number of nitrogens with one attached hydrogen (secondary N) is 2. The van der Waals surface area contributed by atoms with E-state index in [2.05, 4.69) is 15.6 Å². The summed E-state index contributed by atoms with van der Waals surface area (Å²) in [5, 5.41) is 5.14. The van der Waals surface area contributed by atoms with Crippen molar-refractivity contribution in [3.05, 3.63) is 78.6 Å². The Morgan fingerprint density at radius 1 is 0.889 bits per heavy atom. The Kier molecular flexibility index (Phi) is 5.64. The summed E-state index contributed by atoms with van der Waals surface area (Å²) in [5.74, 6) is 1.19. The molecule has 0 fully saturated rings. The number of amides is 2. The Morgan fingerprint density at radius 3 is 2.33 bits per heavy atom. The monoisotopic (exact) mass is 363 g/mol. The number of carbonyl (C=O) groups excluding carboxylic acids is 2. The second-order valence-corrected chi connectivity index (χ2v) is 5.41. The van der Waals surface area contributed by atoms with Crippen molar-refractivity contribution >= 4 is 17.7 Å². The van der Waals surface area contributed by atoms with Crippen molar-refractivity contribution in [3.63, 3.8) is 0 Å². The third kappa shape index (κ3) is 5.05. The molecule has 0 aliphatic rings. The smallest absolute Gasteiger partial charge is 0.417 e. The van der Waals surface area contributed by atoms with E-state index in [4.69, 9.17) is 9.47 Å². The van der Waals surface area contributed by atoms with Gasteiger partial charge in [-0.15, -0.1) is 0 Å². The molecule has 0 atom stereocenters. The lowest BCUT2D eigenvalue weighted by molar-refractivity contribution is 0.0957. The van der Waals surface area contributed by atoms with Crippen molar-refractivity contribution < 1.29 is 19.1 Å². The number of para-hydroxylation sites is 1. The molecule has 1 heterocycles. The van der Waals surface area contributed by atoms with E-state index < -0.39 is 6.09 Å². The summed E-state index contributed by atoms with van der Waals surface area (Å²) in [5.41, 5.74) is 0.820. The van der Waals surface area contributed by atoms with Crippen LogP contribution in [-0.4, -0.2) is 24.0 Å². The van der Waals surface area contributed by atoms with Crippen molar-refractivity contribution in [1.82, 2.24) is 10.3 Å². The largest absolute Gasteiger partial charge is 0.457 e. The lowest BCUT2D eigenvalue weighted by Gasteiger charge is -2.09. The predicted octanol–water partition coefficient (Wildman–Crippen LogP) is 3.84. The molecule has 0 aliphatic heterocycles. The molecule has 0 saturated carbocycles. The van der Waals surface area contributed by atoms with E-state index in [0.29, 0.717) is 22.9 Å². The fourth-order valence-corrected chi connectivity index (χ4v) is 2.21. The van der Waals surface area contributed by atoms with Crippen molar-refractivity contribution in [3.8, 4) is 17.2 Å². The molecule has 0 aliphatic carbocycles. The van der Waals surface area contributed by atoms with E-state index >= 15 is 0 Å². The number of aromatic nitrogens is 1. The minimum absolute atomic E-state index is 0.261. The topological polar surface area (TPSA) is 89.6 Å². The Balaban J connectivity index is 1.60. The number of pyridine rings is 1. The normalized spacial score (nSPS) is 9.96. The maximum Gasteiger partial charge on any atom is 0.417 e. The van der Waals surface area contributed by atoms with Crippen LogP contribution in [-0.2, 0) is 0 Å². The minimum Gasteiger partial charge on any atom is -0.457 e. The summed E-state index contributed by atoms with van der Waals surface area (Å²) >= 11 is 0. The van der Waals surface area contributed by atoms with Crippen LogP contribution in [0.3, 0.4) is 0 Å². The molecule has 7 nitrogen and oxygen atoms in total. The SMILES string of the molecule is CNC(=O)c1cc(Oc2ccc(NC(=O)Oc3ccccc3)cc2)ccn1.